The van der Waals surface area contributed by atoms with Gasteiger partial charge in [0.05, 0.1) is 5.69 Å². The van der Waals surface area contributed by atoms with Gasteiger partial charge in [-0.25, -0.2) is 9.97 Å². The number of hydrogen-bond donors (Lipinski definition) is 4. The predicted octanol–water partition coefficient (Wildman–Crippen LogP) is 4.14. The van der Waals surface area contributed by atoms with Crippen molar-refractivity contribution in [3.8, 4) is 0 Å². The third-order valence-electron chi connectivity index (χ3n) is 6.45. The SMILES string of the molecule is CC(C)NC(=O)c1cnc(Nc2ccc3c(c2)CCNC3)nc1Nc1cccc(C2(CF)CC2)n1. The summed E-state index contributed by atoms with van der Waals surface area (Å²) in [5.41, 5.74) is 4.01. The molecule has 0 radical (unpaired) electrons. The van der Waals surface area contributed by atoms with Crippen LogP contribution in [-0.2, 0) is 18.4 Å². The molecule has 1 aromatic carbocycles. The van der Waals surface area contributed by atoms with Crippen LogP contribution in [0.1, 0.15) is 53.9 Å². The van der Waals surface area contributed by atoms with Gasteiger partial charge in [-0.1, -0.05) is 12.1 Å². The van der Waals surface area contributed by atoms with Gasteiger partial charge < -0.3 is 21.3 Å². The number of carbonyl (C=O) groups excluding carboxylic acids is 1. The average Bonchev–Trinajstić information content (AvgIpc) is 3.65. The molecule has 3 heterocycles. The molecule has 2 aromatic heterocycles. The number of benzene rings is 1. The molecule has 3 aromatic rings. The molecule has 0 atom stereocenters. The van der Waals surface area contributed by atoms with Crippen LogP contribution in [0.4, 0.5) is 27.7 Å². The van der Waals surface area contributed by atoms with Crippen molar-refractivity contribution in [1.82, 2.24) is 25.6 Å². The van der Waals surface area contributed by atoms with Gasteiger partial charge in [0.1, 0.15) is 23.9 Å². The summed E-state index contributed by atoms with van der Waals surface area (Å²) < 4.78 is 13.6. The van der Waals surface area contributed by atoms with Crippen LogP contribution in [0.2, 0.25) is 0 Å². The summed E-state index contributed by atoms with van der Waals surface area (Å²) in [4.78, 5) is 26.5. The Morgan fingerprint density at radius 1 is 1.14 bits per heavy atom. The van der Waals surface area contributed by atoms with Gasteiger partial charge >= 0.3 is 0 Å². The number of rotatable bonds is 8. The smallest absolute Gasteiger partial charge is 0.256 e. The van der Waals surface area contributed by atoms with Crippen molar-refractivity contribution in [2.75, 3.05) is 23.9 Å². The highest BCUT2D eigenvalue weighted by atomic mass is 19.1. The Morgan fingerprint density at radius 3 is 2.77 bits per heavy atom. The van der Waals surface area contributed by atoms with Crippen molar-refractivity contribution >= 4 is 29.2 Å². The zero-order chi connectivity index (χ0) is 24.4. The lowest BCUT2D eigenvalue weighted by Crippen LogP contribution is -2.31. The minimum absolute atomic E-state index is 0.0427. The number of fused-ring (bicyclic) bond motifs is 1. The standard InChI is InChI=1S/C26H30FN7O/c1-16(2)30-24(35)20-14-29-25(31-19-7-6-18-13-28-11-8-17(18)12-19)34-23(20)33-22-5-3-4-21(32-22)26(15-27)9-10-26/h3-7,12,14,16,28H,8-11,13,15H2,1-2H3,(H,30,35)(H2,29,31,32,33,34). The van der Waals surface area contributed by atoms with Gasteiger partial charge in [-0.15, -0.1) is 0 Å². The number of alkyl halides is 1. The van der Waals surface area contributed by atoms with E-state index in [1.807, 2.05) is 32.0 Å². The first-order chi connectivity index (χ1) is 17.0. The van der Waals surface area contributed by atoms with Crippen LogP contribution in [0.25, 0.3) is 0 Å². The number of nitrogens with zero attached hydrogens (tertiary/aromatic N) is 3. The summed E-state index contributed by atoms with van der Waals surface area (Å²) in [6.45, 7) is 5.19. The molecule has 0 saturated heterocycles. The summed E-state index contributed by atoms with van der Waals surface area (Å²) in [6, 6.07) is 11.6. The zero-order valence-corrected chi connectivity index (χ0v) is 20.0. The van der Waals surface area contributed by atoms with Crippen molar-refractivity contribution in [3.05, 3.63) is 65.0 Å². The maximum atomic E-state index is 13.6. The maximum Gasteiger partial charge on any atom is 0.256 e. The molecule has 0 bridgehead atoms. The predicted molar refractivity (Wildman–Crippen MR) is 134 cm³/mol. The lowest BCUT2D eigenvalue weighted by atomic mass is 10.0. The molecule has 5 rings (SSSR count). The number of nitrogens with one attached hydrogen (secondary N) is 4. The minimum atomic E-state index is -0.476. The van der Waals surface area contributed by atoms with Gasteiger partial charge in [0.15, 0.2) is 0 Å². The molecule has 4 N–H and O–H groups in total. The van der Waals surface area contributed by atoms with E-state index in [-0.39, 0.29) is 11.9 Å². The Kier molecular flexibility index (Phi) is 6.34. The Labute approximate surface area is 204 Å². The van der Waals surface area contributed by atoms with E-state index in [9.17, 15) is 9.18 Å². The number of halogens is 1. The summed E-state index contributed by atoms with van der Waals surface area (Å²) in [6.07, 6.45) is 4.06. The average molecular weight is 476 g/mol. The lowest BCUT2D eigenvalue weighted by Gasteiger charge is -2.18. The first-order valence-electron chi connectivity index (χ1n) is 12.0. The van der Waals surface area contributed by atoms with Crippen LogP contribution < -0.4 is 21.3 Å². The summed E-state index contributed by atoms with van der Waals surface area (Å²) in [5.74, 6) is 0.916. The van der Waals surface area contributed by atoms with E-state index in [1.165, 1.54) is 17.3 Å². The molecular formula is C26H30FN7O. The summed E-state index contributed by atoms with van der Waals surface area (Å²) in [5, 5.41) is 12.7. The Morgan fingerprint density at radius 2 is 2.00 bits per heavy atom. The van der Waals surface area contributed by atoms with Gasteiger partial charge in [0, 0.05) is 29.9 Å². The van der Waals surface area contributed by atoms with Crippen LogP contribution >= 0.6 is 0 Å². The van der Waals surface area contributed by atoms with E-state index in [2.05, 4.69) is 48.4 Å². The molecule has 0 spiro atoms. The van der Waals surface area contributed by atoms with Crippen LogP contribution in [0.5, 0.6) is 0 Å². The Balaban J connectivity index is 1.44. The van der Waals surface area contributed by atoms with Crippen molar-refractivity contribution < 1.29 is 9.18 Å². The zero-order valence-electron chi connectivity index (χ0n) is 20.0. The fraction of sp³-hybridized carbons (Fsp3) is 0.385. The normalized spacial score (nSPS) is 15.9. The quantitative estimate of drug-likeness (QED) is 0.388. The maximum absolute atomic E-state index is 13.6. The largest absolute Gasteiger partial charge is 0.350 e. The van der Waals surface area contributed by atoms with E-state index >= 15 is 0 Å². The van der Waals surface area contributed by atoms with E-state index in [1.54, 1.807) is 6.07 Å². The molecule has 9 heteroatoms. The molecule has 1 amide bonds. The molecule has 2 aliphatic rings. The summed E-state index contributed by atoms with van der Waals surface area (Å²) >= 11 is 0. The van der Waals surface area contributed by atoms with Crippen molar-refractivity contribution in [2.45, 2.75) is 51.1 Å². The molecule has 1 saturated carbocycles. The molecule has 182 valence electrons. The highest BCUT2D eigenvalue weighted by Crippen LogP contribution is 2.47. The van der Waals surface area contributed by atoms with Crippen LogP contribution in [0, 0.1) is 0 Å². The highest BCUT2D eigenvalue weighted by Gasteiger charge is 2.46. The number of carbonyl (C=O) groups is 1. The number of amides is 1. The first kappa shape index (κ1) is 23.2. The van der Waals surface area contributed by atoms with Gasteiger partial charge in [0.2, 0.25) is 5.95 Å². The summed E-state index contributed by atoms with van der Waals surface area (Å²) in [7, 11) is 0. The van der Waals surface area contributed by atoms with Crippen molar-refractivity contribution in [1.29, 1.82) is 0 Å². The van der Waals surface area contributed by atoms with E-state index in [0.717, 1.165) is 38.0 Å². The second-order valence-corrected chi connectivity index (χ2v) is 9.57. The van der Waals surface area contributed by atoms with Crippen LogP contribution in [0.15, 0.2) is 42.6 Å². The van der Waals surface area contributed by atoms with Gasteiger partial charge in [0.25, 0.3) is 5.91 Å². The fourth-order valence-corrected chi connectivity index (χ4v) is 4.26. The van der Waals surface area contributed by atoms with Crippen LogP contribution in [0.3, 0.4) is 0 Å². The molecule has 8 nitrogen and oxygen atoms in total. The van der Waals surface area contributed by atoms with Crippen molar-refractivity contribution in [3.63, 3.8) is 0 Å². The molecule has 35 heavy (non-hydrogen) atoms. The monoisotopic (exact) mass is 475 g/mol. The second kappa shape index (κ2) is 9.58. The molecule has 0 unspecified atom stereocenters. The molecule has 1 aliphatic heterocycles. The van der Waals surface area contributed by atoms with Crippen molar-refractivity contribution in [2.24, 2.45) is 0 Å². The molecule has 1 fully saturated rings. The highest BCUT2D eigenvalue weighted by molar-refractivity contribution is 5.99. The Hall–Kier alpha value is -3.59. The topological polar surface area (TPSA) is 104 Å². The molecule has 1 aliphatic carbocycles. The second-order valence-electron chi connectivity index (χ2n) is 9.57. The Bertz CT molecular complexity index is 1240. The molecular weight excluding hydrogens is 445 g/mol. The number of hydrogen-bond acceptors (Lipinski definition) is 7. The third-order valence-corrected chi connectivity index (χ3v) is 6.45. The lowest BCUT2D eigenvalue weighted by molar-refractivity contribution is 0.0943. The number of aromatic nitrogens is 3. The third kappa shape index (κ3) is 5.09. The van der Waals surface area contributed by atoms with E-state index < -0.39 is 12.1 Å². The van der Waals surface area contributed by atoms with Gasteiger partial charge in [-0.2, -0.15) is 4.98 Å². The van der Waals surface area contributed by atoms with Gasteiger partial charge in [-0.3, -0.25) is 9.18 Å². The number of pyridine rings is 1. The van der Waals surface area contributed by atoms with E-state index in [4.69, 9.17) is 0 Å². The van der Waals surface area contributed by atoms with Crippen LogP contribution in [-0.4, -0.2) is 40.1 Å². The number of anilines is 4. The minimum Gasteiger partial charge on any atom is -0.350 e. The fourth-order valence-electron chi connectivity index (χ4n) is 4.26. The van der Waals surface area contributed by atoms with E-state index in [0.29, 0.717) is 28.8 Å². The van der Waals surface area contributed by atoms with Gasteiger partial charge in [-0.05, 0) is 75.0 Å². The first-order valence-corrected chi connectivity index (χ1v) is 12.0.